The summed E-state index contributed by atoms with van der Waals surface area (Å²) in [5.41, 5.74) is 3.41. The van der Waals surface area contributed by atoms with Crippen molar-refractivity contribution in [2.45, 2.75) is 13.0 Å². The van der Waals surface area contributed by atoms with Crippen LogP contribution in [0.4, 0.5) is 5.69 Å². The fourth-order valence-electron chi connectivity index (χ4n) is 2.49. The molecule has 0 saturated heterocycles. The van der Waals surface area contributed by atoms with Crippen LogP contribution < -0.4 is 15.4 Å². The molecule has 0 spiro atoms. The molecule has 5 heteroatoms. The zero-order valence-electron chi connectivity index (χ0n) is 14.7. The van der Waals surface area contributed by atoms with E-state index in [4.69, 9.17) is 17.0 Å². The Labute approximate surface area is 149 Å². The molecule has 4 nitrogen and oxygen atoms in total. The van der Waals surface area contributed by atoms with Crippen LogP contribution in [0.3, 0.4) is 0 Å². The molecule has 2 aromatic rings. The molecule has 2 rings (SSSR count). The number of anilines is 1. The summed E-state index contributed by atoms with van der Waals surface area (Å²) in [5.74, 6) is 0.862. The number of hydrogen-bond acceptors (Lipinski definition) is 3. The molecule has 0 unspecified atom stereocenters. The normalized spacial score (nSPS) is 11.9. The second-order valence-corrected chi connectivity index (χ2v) is 6.31. The summed E-state index contributed by atoms with van der Waals surface area (Å²) in [5, 5.41) is 7.20. The molecule has 0 aliphatic heterocycles. The molecule has 0 aliphatic rings. The number of aryl methyl sites for hydroxylation is 1. The van der Waals surface area contributed by atoms with Gasteiger partial charge in [-0.2, -0.15) is 0 Å². The number of methoxy groups -OCH3 is 1. The second-order valence-electron chi connectivity index (χ2n) is 5.90. The SMILES string of the molecule is COc1ccc([C@@H](CNC(=S)Nc2ccccc2C)N(C)C)cc1. The minimum Gasteiger partial charge on any atom is -0.497 e. The Bertz CT molecular complexity index is 671. The highest BCUT2D eigenvalue weighted by Gasteiger charge is 2.14. The number of thiocarbonyl (C=S) groups is 1. The Hall–Kier alpha value is -2.11. The number of ether oxygens (including phenoxy) is 1. The third-order valence-electron chi connectivity index (χ3n) is 3.97. The summed E-state index contributed by atoms with van der Waals surface area (Å²) < 4.78 is 5.23. The number of hydrogen-bond donors (Lipinski definition) is 2. The van der Waals surface area contributed by atoms with Crippen molar-refractivity contribution < 1.29 is 4.74 Å². The maximum Gasteiger partial charge on any atom is 0.170 e. The molecule has 0 bridgehead atoms. The van der Waals surface area contributed by atoms with Gasteiger partial charge in [0.25, 0.3) is 0 Å². The quantitative estimate of drug-likeness (QED) is 0.784. The molecule has 2 N–H and O–H groups in total. The monoisotopic (exact) mass is 343 g/mol. The van der Waals surface area contributed by atoms with Gasteiger partial charge in [0.05, 0.1) is 13.2 Å². The summed E-state index contributed by atoms with van der Waals surface area (Å²) in [6, 6.07) is 16.5. The number of benzene rings is 2. The summed E-state index contributed by atoms with van der Waals surface area (Å²) in [6.07, 6.45) is 0. The average Bonchev–Trinajstić information content (AvgIpc) is 2.57. The van der Waals surface area contributed by atoms with Crippen molar-refractivity contribution in [2.24, 2.45) is 0 Å². The molecule has 0 saturated carbocycles. The summed E-state index contributed by atoms with van der Waals surface area (Å²) in [4.78, 5) is 2.17. The average molecular weight is 343 g/mol. The van der Waals surface area contributed by atoms with Crippen molar-refractivity contribution in [3.63, 3.8) is 0 Å². The molecular weight excluding hydrogens is 318 g/mol. The van der Waals surface area contributed by atoms with Gasteiger partial charge in [0.15, 0.2) is 5.11 Å². The van der Waals surface area contributed by atoms with Crippen molar-refractivity contribution >= 4 is 23.0 Å². The molecule has 0 aromatic heterocycles. The Morgan fingerprint density at radius 2 is 1.79 bits per heavy atom. The van der Waals surface area contributed by atoms with Crippen LogP contribution in [0, 0.1) is 6.92 Å². The van der Waals surface area contributed by atoms with Crippen LogP contribution >= 0.6 is 12.2 Å². The minimum absolute atomic E-state index is 0.215. The highest BCUT2D eigenvalue weighted by Crippen LogP contribution is 2.21. The van der Waals surface area contributed by atoms with E-state index >= 15 is 0 Å². The molecule has 0 radical (unpaired) electrons. The third kappa shape index (κ3) is 4.94. The first kappa shape index (κ1) is 18.2. The predicted octanol–water partition coefficient (Wildman–Crippen LogP) is 3.59. The first-order chi connectivity index (χ1) is 11.5. The molecule has 0 fully saturated rings. The lowest BCUT2D eigenvalue weighted by Crippen LogP contribution is -2.36. The molecule has 0 aliphatic carbocycles. The zero-order chi connectivity index (χ0) is 17.5. The van der Waals surface area contributed by atoms with Gasteiger partial charge in [0.2, 0.25) is 0 Å². The van der Waals surface area contributed by atoms with E-state index in [-0.39, 0.29) is 6.04 Å². The fourth-order valence-corrected chi connectivity index (χ4v) is 2.69. The Kier molecular flexibility index (Phi) is 6.58. The predicted molar refractivity (Wildman–Crippen MR) is 105 cm³/mol. The van der Waals surface area contributed by atoms with Crippen molar-refractivity contribution in [2.75, 3.05) is 33.1 Å². The Morgan fingerprint density at radius 3 is 2.38 bits per heavy atom. The first-order valence-corrected chi connectivity index (χ1v) is 8.33. The van der Waals surface area contributed by atoms with Gasteiger partial charge in [-0.1, -0.05) is 30.3 Å². The lowest BCUT2D eigenvalue weighted by atomic mass is 10.1. The molecule has 2 aromatic carbocycles. The van der Waals surface area contributed by atoms with E-state index in [1.807, 2.05) is 30.3 Å². The van der Waals surface area contributed by atoms with Crippen LogP contribution in [0.15, 0.2) is 48.5 Å². The molecule has 1 atom stereocenters. The van der Waals surface area contributed by atoms with Crippen LogP contribution in [0.25, 0.3) is 0 Å². The van der Waals surface area contributed by atoms with E-state index in [0.29, 0.717) is 5.11 Å². The van der Waals surface area contributed by atoms with Crippen LogP contribution in [0.1, 0.15) is 17.2 Å². The van der Waals surface area contributed by atoms with Crippen LogP contribution in [-0.2, 0) is 0 Å². The largest absolute Gasteiger partial charge is 0.497 e. The molecule has 0 heterocycles. The fraction of sp³-hybridized carbons (Fsp3) is 0.316. The number of para-hydroxylation sites is 1. The second kappa shape index (κ2) is 8.66. The highest BCUT2D eigenvalue weighted by molar-refractivity contribution is 7.80. The maximum atomic E-state index is 5.43. The number of nitrogens with one attached hydrogen (secondary N) is 2. The summed E-state index contributed by atoms with van der Waals surface area (Å²) >= 11 is 5.43. The summed E-state index contributed by atoms with van der Waals surface area (Å²) in [7, 11) is 5.80. The standard InChI is InChI=1S/C19H25N3OS/c1-14-7-5-6-8-17(14)21-19(24)20-13-18(22(2)3)15-9-11-16(23-4)12-10-15/h5-12,18H,13H2,1-4H3,(H2,20,21,24)/t18-/m1/s1. The molecule has 0 amide bonds. The van der Waals surface area contributed by atoms with Gasteiger partial charge in [-0.05, 0) is 62.6 Å². The van der Waals surface area contributed by atoms with Gasteiger partial charge in [0.1, 0.15) is 5.75 Å². The number of rotatable bonds is 6. The summed E-state index contributed by atoms with van der Waals surface area (Å²) in [6.45, 7) is 2.78. The van der Waals surface area contributed by atoms with E-state index in [1.54, 1.807) is 7.11 Å². The van der Waals surface area contributed by atoms with E-state index in [1.165, 1.54) is 11.1 Å². The number of likely N-dealkylation sites (N-methyl/N-ethyl adjacent to an activating group) is 1. The van der Waals surface area contributed by atoms with Crippen molar-refractivity contribution in [3.8, 4) is 5.75 Å². The lowest BCUT2D eigenvalue weighted by Gasteiger charge is -2.26. The molecule has 24 heavy (non-hydrogen) atoms. The Morgan fingerprint density at radius 1 is 1.12 bits per heavy atom. The molecular formula is C19H25N3OS. The topological polar surface area (TPSA) is 36.5 Å². The van der Waals surface area contributed by atoms with Gasteiger partial charge in [-0.3, -0.25) is 0 Å². The van der Waals surface area contributed by atoms with Gasteiger partial charge in [-0.15, -0.1) is 0 Å². The van der Waals surface area contributed by atoms with Gasteiger partial charge >= 0.3 is 0 Å². The first-order valence-electron chi connectivity index (χ1n) is 7.92. The number of nitrogens with zero attached hydrogens (tertiary/aromatic N) is 1. The van der Waals surface area contributed by atoms with Crippen molar-refractivity contribution in [3.05, 3.63) is 59.7 Å². The van der Waals surface area contributed by atoms with Gasteiger partial charge in [0, 0.05) is 12.2 Å². The smallest absolute Gasteiger partial charge is 0.170 e. The lowest BCUT2D eigenvalue weighted by molar-refractivity contribution is 0.299. The van der Waals surface area contributed by atoms with Crippen molar-refractivity contribution in [1.29, 1.82) is 0 Å². The van der Waals surface area contributed by atoms with E-state index < -0.39 is 0 Å². The van der Waals surface area contributed by atoms with Crippen LogP contribution in [0.2, 0.25) is 0 Å². The van der Waals surface area contributed by atoms with Crippen LogP contribution in [-0.4, -0.2) is 37.8 Å². The van der Waals surface area contributed by atoms with E-state index in [0.717, 1.165) is 18.0 Å². The van der Waals surface area contributed by atoms with Crippen molar-refractivity contribution in [1.82, 2.24) is 10.2 Å². The highest BCUT2D eigenvalue weighted by atomic mass is 32.1. The van der Waals surface area contributed by atoms with Gasteiger partial charge < -0.3 is 20.3 Å². The zero-order valence-corrected chi connectivity index (χ0v) is 15.5. The van der Waals surface area contributed by atoms with Gasteiger partial charge in [-0.25, -0.2) is 0 Å². The Balaban J connectivity index is 1.98. The maximum absolute atomic E-state index is 5.43. The third-order valence-corrected chi connectivity index (χ3v) is 4.22. The van der Waals surface area contributed by atoms with Crippen LogP contribution in [0.5, 0.6) is 5.75 Å². The van der Waals surface area contributed by atoms with E-state index in [9.17, 15) is 0 Å². The molecule has 128 valence electrons. The van der Waals surface area contributed by atoms with E-state index in [2.05, 4.69) is 54.8 Å². The minimum atomic E-state index is 0.215.